The quantitative estimate of drug-likeness (QED) is 0.912. The molecule has 2 aromatic carbocycles. The summed E-state index contributed by atoms with van der Waals surface area (Å²) < 4.78 is 13.2. The Bertz CT molecular complexity index is 823. The van der Waals surface area contributed by atoms with Crippen LogP contribution in [0.25, 0.3) is 0 Å². The molecular weight excluding hydrogens is 331 g/mol. The molecule has 2 amide bonds. The maximum Gasteiger partial charge on any atom is 0.255 e. The van der Waals surface area contributed by atoms with E-state index >= 15 is 0 Å². The van der Waals surface area contributed by atoms with Crippen molar-refractivity contribution >= 4 is 34.8 Å². The SMILES string of the molecule is CCC(=O)N1CCc2cc(C(=O)Nc3ccc(F)c(Cl)c3)ccc21. The first-order valence-corrected chi connectivity index (χ1v) is 8.07. The molecule has 0 fully saturated rings. The second kappa shape index (κ2) is 6.61. The second-order valence-corrected chi connectivity index (χ2v) is 5.98. The summed E-state index contributed by atoms with van der Waals surface area (Å²) in [5.74, 6) is -0.763. The minimum absolute atomic E-state index is 0.0459. The van der Waals surface area contributed by atoms with Crippen LogP contribution in [0.5, 0.6) is 0 Å². The summed E-state index contributed by atoms with van der Waals surface area (Å²) in [7, 11) is 0. The maximum atomic E-state index is 13.2. The van der Waals surface area contributed by atoms with Crippen molar-refractivity contribution in [1.29, 1.82) is 0 Å². The zero-order valence-electron chi connectivity index (χ0n) is 13.1. The fourth-order valence-electron chi connectivity index (χ4n) is 2.77. The average Bonchev–Trinajstić information content (AvgIpc) is 3.00. The van der Waals surface area contributed by atoms with Crippen LogP contribution in [0.15, 0.2) is 36.4 Å². The van der Waals surface area contributed by atoms with Crippen LogP contribution in [0.3, 0.4) is 0 Å². The second-order valence-electron chi connectivity index (χ2n) is 5.58. The summed E-state index contributed by atoms with van der Waals surface area (Å²) in [4.78, 5) is 26.0. The Morgan fingerprint density at radius 2 is 2.04 bits per heavy atom. The van der Waals surface area contributed by atoms with E-state index in [0.29, 0.717) is 24.2 Å². The van der Waals surface area contributed by atoms with Crippen LogP contribution in [0.1, 0.15) is 29.3 Å². The number of halogens is 2. The Balaban J connectivity index is 1.79. The van der Waals surface area contributed by atoms with Crippen molar-refractivity contribution in [2.45, 2.75) is 19.8 Å². The summed E-state index contributed by atoms with van der Waals surface area (Å²) >= 11 is 5.72. The van der Waals surface area contributed by atoms with Crippen molar-refractivity contribution in [3.8, 4) is 0 Å². The predicted octanol–water partition coefficient (Wildman–Crippen LogP) is 4.03. The highest BCUT2D eigenvalue weighted by Gasteiger charge is 2.24. The van der Waals surface area contributed by atoms with E-state index in [9.17, 15) is 14.0 Å². The van der Waals surface area contributed by atoms with E-state index in [1.165, 1.54) is 18.2 Å². The Kier molecular flexibility index (Phi) is 4.53. The van der Waals surface area contributed by atoms with Gasteiger partial charge in [0.05, 0.1) is 5.02 Å². The summed E-state index contributed by atoms with van der Waals surface area (Å²) in [5, 5.41) is 2.65. The number of hydrogen-bond acceptors (Lipinski definition) is 2. The molecule has 0 atom stereocenters. The van der Waals surface area contributed by atoms with Gasteiger partial charge < -0.3 is 10.2 Å². The van der Waals surface area contributed by atoms with Gasteiger partial charge in [0.2, 0.25) is 5.91 Å². The normalized spacial score (nSPS) is 12.9. The Morgan fingerprint density at radius 1 is 1.25 bits per heavy atom. The Hall–Kier alpha value is -2.40. The number of anilines is 2. The molecule has 124 valence electrons. The molecule has 0 unspecified atom stereocenters. The summed E-state index contributed by atoms with van der Waals surface area (Å²) in [6.07, 6.45) is 1.18. The highest BCUT2D eigenvalue weighted by atomic mass is 35.5. The van der Waals surface area contributed by atoms with E-state index in [1.54, 1.807) is 23.1 Å². The van der Waals surface area contributed by atoms with Crippen LogP contribution in [-0.2, 0) is 11.2 Å². The van der Waals surface area contributed by atoms with E-state index in [0.717, 1.165) is 17.7 Å². The lowest BCUT2D eigenvalue weighted by atomic mass is 10.1. The number of rotatable bonds is 3. The van der Waals surface area contributed by atoms with Crippen molar-refractivity contribution in [2.24, 2.45) is 0 Å². The molecule has 0 saturated carbocycles. The summed E-state index contributed by atoms with van der Waals surface area (Å²) in [5.41, 5.74) is 2.75. The van der Waals surface area contributed by atoms with Crippen molar-refractivity contribution in [3.05, 3.63) is 58.4 Å². The van der Waals surface area contributed by atoms with E-state index < -0.39 is 5.82 Å². The molecule has 0 spiro atoms. The fourth-order valence-corrected chi connectivity index (χ4v) is 2.95. The minimum Gasteiger partial charge on any atom is -0.322 e. The fraction of sp³-hybridized carbons (Fsp3) is 0.222. The zero-order valence-corrected chi connectivity index (χ0v) is 13.9. The average molecular weight is 347 g/mol. The van der Waals surface area contributed by atoms with E-state index in [-0.39, 0.29) is 16.8 Å². The standard InChI is InChI=1S/C18H16ClFN2O2/c1-2-17(23)22-8-7-11-9-12(3-6-16(11)22)18(24)21-13-4-5-15(20)14(19)10-13/h3-6,9-10H,2,7-8H2,1H3,(H,21,24). The number of carbonyl (C=O) groups is 2. The summed E-state index contributed by atoms with van der Waals surface area (Å²) in [6, 6.07) is 9.29. The van der Waals surface area contributed by atoms with Crippen LogP contribution in [-0.4, -0.2) is 18.4 Å². The minimum atomic E-state index is -0.534. The molecule has 2 aromatic rings. The van der Waals surface area contributed by atoms with Crippen molar-refractivity contribution in [2.75, 3.05) is 16.8 Å². The van der Waals surface area contributed by atoms with Crippen LogP contribution in [0, 0.1) is 5.82 Å². The number of amides is 2. The van der Waals surface area contributed by atoms with Gasteiger partial charge in [-0.15, -0.1) is 0 Å². The third kappa shape index (κ3) is 3.12. The molecular formula is C18H16ClFN2O2. The molecule has 1 N–H and O–H groups in total. The highest BCUT2D eigenvalue weighted by molar-refractivity contribution is 6.31. The summed E-state index contributed by atoms with van der Waals surface area (Å²) in [6.45, 7) is 2.47. The third-order valence-electron chi connectivity index (χ3n) is 4.02. The number of nitrogens with one attached hydrogen (secondary N) is 1. The molecule has 0 aliphatic carbocycles. The largest absolute Gasteiger partial charge is 0.322 e. The van der Waals surface area contributed by atoms with Gasteiger partial charge in [0.1, 0.15) is 5.82 Å². The van der Waals surface area contributed by atoms with E-state index in [4.69, 9.17) is 11.6 Å². The molecule has 4 nitrogen and oxygen atoms in total. The van der Waals surface area contributed by atoms with Gasteiger partial charge in [-0.2, -0.15) is 0 Å². The lowest BCUT2D eigenvalue weighted by Crippen LogP contribution is -2.27. The smallest absolute Gasteiger partial charge is 0.255 e. The van der Waals surface area contributed by atoms with Gasteiger partial charge in [-0.25, -0.2) is 4.39 Å². The van der Waals surface area contributed by atoms with Gasteiger partial charge in [0, 0.05) is 29.9 Å². The number of fused-ring (bicyclic) bond motifs is 1. The van der Waals surface area contributed by atoms with Crippen molar-refractivity contribution in [3.63, 3.8) is 0 Å². The van der Waals surface area contributed by atoms with Gasteiger partial charge in [-0.05, 0) is 48.4 Å². The molecule has 6 heteroatoms. The van der Waals surface area contributed by atoms with E-state index in [1.807, 2.05) is 6.92 Å². The van der Waals surface area contributed by atoms with Crippen molar-refractivity contribution < 1.29 is 14.0 Å². The molecule has 3 rings (SSSR count). The van der Waals surface area contributed by atoms with Crippen LogP contribution >= 0.6 is 11.6 Å². The van der Waals surface area contributed by atoms with Gasteiger partial charge in [0.25, 0.3) is 5.91 Å². The first kappa shape index (κ1) is 16.5. The Labute approximate surface area is 144 Å². The van der Waals surface area contributed by atoms with Gasteiger partial charge in [-0.3, -0.25) is 9.59 Å². The number of benzene rings is 2. The van der Waals surface area contributed by atoms with Crippen LogP contribution < -0.4 is 10.2 Å². The van der Waals surface area contributed by atoms with Crippen LogP contribution in [0.4, 0.5) is 15.8 Å². The number of carbonyl (C=O) groups excluding carboxylic acids is 2. The van der Waals surface area contributed by atoms with Gasteiger partial charge in [-0.1, -0.05) is 18.5 Å². The molecule has 1 aliphatic rings. The zero-order chi connectivity index (χ0) is 17.3. The highest BCUT2D eigenvalue weighted by Crippen LogP contribution is 2.29. The molecule has 0 radical (unpaired) electrons. The molecule has 0 saturated heterocycles. The molecule has 0 aromatic heterocycles. The maximum absolute atomic E-state index is 13.2. The lowest BCUT2D eigenvalue weighted by Gasteiger charge is -2.16. The number of nitrogens with zero attached hydrogens (tertiary/aromatic N) is 1. The molecule has 1 aliphatic heterocycles. The predicted molar refractivity (Wildman–Crippen MR) is 92.2 cm³/mol. The van der Waals surface area contributed by atoms with Crippen LogP contribution in [0.2, 0.25) is 5.02 Å². The van der Waals surface area contributed by atoms with Crippen molar-refractivity contribution in [1.82, 2.24) is 0 Å². The molecule has 24 heavy (non-hydrogen) atoms. The first-order valence-electron chi connectivity index (χ1n) is 7.69. The van der Waals surface area contributed by atoms with E-state index in [2.05, 4.69) is 5.32 Å². The first-order chi connectivity index (χ1) is 11.5. The monoisotopic (exact) mass is 346 g/mol. The third-order valence-corrected chi connectivity index (χ3v) is 4.31. The molecule has 0 bridgehead atoms. The van der Waals surface area contributed by atoms with Gasteiger partial charge in [0.15, 0.2) is 0 Å². The number of hydrogen-bond donors (Lipinski definition) is 1. The Morgan fingerprint density at radius 3 is 2.75 bits per heavy atom. The topological polar surface area (TPSA) is 49.4 Å². The van der Waals surface area contributed by atoms with Gasteiger partial charge >= 0.3 is 0 Å². The molecule has 1 heterocycles. The lowest BCUT2D eigenvalue weighted by molar-refractivity contribution is -0.118.